The van der Waals surface area contributed by atoms with E-state index in [0.29, 0.717) is 72.3 Å². The predicted molar refractivity (Wildman–Crippen MR) is 132 cm³/mol. The molecule has 0 radical (unpaired) electrons. The Morgan fingerprint density at radius 2 is 1.94 bits per heavy atom. The van der Waals surface area contributed by atoms with E-state index in [9.17, 15) is 9.59 Å². The van der Waals surface area contributed by atoms with E-state index in [2.05, 4.69) is 16.5 Å². The Balaban J connectivity index is 1.57. The number of aromatic nitrogens is 4. The maximum atomic E-state index is 13.1. The van der Waals surface area contributed by atoms with Crippen molar-refractivity contribution in [3.8, 4) is 11.3 Å². The van der Waals surface area contributed by atoms with Crippen molar-refractivity contribution < 1.29 is 14.3 Å². The number of anilines is 1. The van der Waals surface area contributed by atoms with Crippen LogP contribution in [0.15, 0.2) is 37.2 Å². The Bertz CT molecular complexity index is 1300. The average Bonchev–Trinajstić information content (AvgIpc) is 3.29. The zero-order chi connectivity index (χ0) is 24.5. The topological polar surface area (TPSA) is 119 Å². The lowest BCUT2D eigenvalue weighted by molar-refractivity contribution is -0.127. The first-order valence-corrected chi connectivity index (χ1v) is 11.9. The molecule has 4 heterocycles. The van der Waals surface area contributed by atoms with Gasteiger partial charge in [-0.3, -0.25) is 9.59 Å². The maximum Gasteiger partial charge on any atom is 0.254 e. The van der Waals surface area contributed by atoms with Crippen molar-refractivity contribution in [2.45, 2.75) is 18.9 Å². The number of halogens is 1. The summed E-state index contributed by atoms with van der Waals surface area (Å²) in [7, 11) is 0. The molecule has 2 aromatic heterocycles. The van der Waals surface area contributed by atoms with Gasteiger partial charge in [0.25, 0.3) is 5.91 Å². The Morgan fingerprint density at radius 3 is 2.71 bits per heavy atom. The molecule has 1 aromatic carbocycles. The molecule has 0 unspecified atom stereocenters. The summed E-state index contributed by atoms with van der Waals surface area (Å²) in [5, 5.41) is 5.89. The standard InChI is InChI=1S/C24H26ClN7O3/c1-2-19(33)31-5-3-4-18(13-31)32-23-20(22(26)27-14-28-23)21(29-32)15-10-16(12-17(25)11-15)24(34)30-6-8-35-9-7-30/h2,10-12,14,18H,1,3-9,13H2,(H2,26,27,28)/t18-/m1/s1. The van der Waals surface area contributed by atoms with Crippen LogP contribution < -0.4 is 5.73 Å². The van der Waals surface area contributed by atoms with Gasteiger partial charge in [-0.15, -0.1) is 0 Å². The van der Waals surface area contributed by atoms with Gasteiger partial charge < -0.3 is 20.3 Å². The van der Waals surface area contributed by atoms with Crippen LogP contribution in [0.2, 0.25) is 5.02 Å². The highest BCUT2D eigenvalue weighted by atomic mass is 35.5. The van der Waals surface area contributed by atoms with Gasteiger partial charge in [-0.1, -0.05) is 18.2 Å². The lowest BCUT2D eigenvalue weighted by Gasteiger charge is -2.32. The molecule has 2 amide bonds. The van der Waals surface area contributed by atoms with Gasteiger partial charge in [-0.05, 0) is 37.1 Å². The molecular weight excluding hydrogens is 470 g/mol. The summed E-state index contributed by atoms with van der Waals surface area (Å²) in [5.41, 5.74) is 8.52. The van der Waals surface area contributed by atoms with Gasteiger partial charge in [0.15, 0.2) is 5.65 Å². The second kappa shape index (κ2) is 9.63. The summed E-state index contributed by atoms with van der Waals surface area (Å²) >= 11 is 6.45. The van der Waals surface area contributed by atoms with E-state index in [0.717, 1.165) is 12.8 Å². The number of amides is 2. The van der Waals surface area contributed by atoms with Crippen molar-refractivity contribution >= 4 is 40.3 Å². The highest BCUT2D eigenvalue weighted by molar-refractivity contribution is 6.31. The van der Waals surface area contributed by atoms with E-state index in [1.165, 1.54) is 12.4 Å². The summed E-state index contributed by atoms with van der Waals surface area (Å²) in [4.78, 5) is 37.5. The highest BCUT2D eigenvalue weighted by Gasteiger charge is 2.28. The summed E-state index contributed by atoms with van der Waals surface area (Å²) in [5.74, 6) is 0.0598. The molecule has 35 heavy (non-hydrogen) atoms. The first-order valence-electron chi connectivity index (χ1n) is 11.5. The zero-order valence-corrected chi connectivity index (χ0v) is 19.9. The first kappa shape index (κ1) is 23.3. The number of carbonyl (C=O) groups is 2. The summed E-state index contributed by atoms with van der Waals surface area (Å²) in [6, 6.07) is 5.09. The van der Waals surface area contributed by atoms with Crippen LogP contribution in [0.5, 0.6) is 0 Å². The van der Waals surface area contributed by atoms with Gasteiger partial charge >= 0.3 is 0 Å². The van der Waals surface area contributed by atoms with E-state index < -0.39 is 0 Å². The molecule has 1 atom stereocenters. The number of piperidine rings is 1. The lowest BCUT2D eigenvalue weighted by Crippen LogP contribution is -2.40. The number of carbonyl (C=O) groups excluding carboxylic acids is 2. The van der Waals surface area contributed by atoms with Crippen LogP contribution in [0.4, 0.5) is 5.82 Å². The minimum absolute atomic E-state index is 0.0909. The molecule has 10 nitrogen and oxygen atoms in total. The highest BCUT2D eigenvalue weighted by Crippen LogP contribution is 2.35. The Kier molecular flexibility index (Phi) is 6.40. The van der Waals surface area contributed by atoms with Crippen LogP contribution >= 0.6 is 11.6 Å². The SMILES string of the molecule is C=CC(=O)N1CCC[C@@H](n2nc(-c3cc(Cl)cc(C(=O)N4CCOCC4)c3)c3c(N)ncnc32)C1. The van der Waals surface area contributed by atoms with Crippen LogP contribution in [0.25, 0.3) is 22.3 Å². The molecule has 2 fully saturated rings. The minimum atomic E-state index is -0.115. The molecule has 2 aliphatic heterocycles. The van der Waals surface area contributed by atoms with Gasteiger partial charge in [0.1, 0.15) is 17.8 Å². The van der Waals surface area contributed by atoms with E-state index in [4.69, 9.17) is 27.2 Å². The molecular formula is C24H26ClN7O3. The van der Waals surface area contributed by atoms with Crippen molar-refractivity contribution in [2.24, 2.45) is 0 Å². The third-order valence-electron chi connectivity index (χ3n) is 6.46. The molecule has 5 rings (SSSR count). The fourth-order valence-electron chi connectivity index (χ4n) is 4.73. The van der Waals surface area contributed by atoms with Crippen LogP contribution in [-0.4, -0.2) is 80.8 Å². The third kappa shape index (κ3) is 4.46. The fourth-order valence-corrected chi connectivity index (χ4v) is 4.97. The predicted octanol–water partition coefficient (Wildman–Crippen LogP) is 2.55. The van der Waals surface area contributed by atoms with Gasteiger partial charge in [0.05, 0.1) is 24.6 Å². The number of fused-ring (bicyclic) bond motifs is 1. The van der Waals surface area contributed by atoms with E-state index in [1.807, 2.05) is 4.68 Å². The Hall–Kier alpha value is -3.50. The number of benzene rings is 1. The molecule has 11 heteroatoms. The normalized spacial score (nSPS) is 18.6. The van der Waals surface area contributed by atoms with Crippen LogP contribution in [0.1, 0.15) is 29.2 Å². The molecule has 0 aliphatic carbocycles. The monoisotopic (exact) mass is 495 g/mol. The molecule has 0 spiro atoms. The van der Waals surface area contributed by atoms with Crippen molar-refractivity contribution in [3.05, 3.63) is 47.8 Å². The maximum absolute atomic E-state index is 13.1. The van der Waals surface area contributed by atoms with Crippen molar-refractivity contribution in [2.75, 3.05) is 45.1 Å². The Morgan fingerprint density at radius 1 is 1.14 bits per heavy atom. The number of rotatable bonds is 4. The van der Waals surface area contributed by atoms with Crippen LogP contribution in [0.3, 0.4) is 0 Å². The minimum Gasteiger partial charge on any atom is -0.383 e. The van der Waals surface area contributed by atoms with Crippen LogP contribution in [-0.2, 0) is 9.53 Å². The number of ether oxygens (including phenoxy) is 1. The summed E-state index contributed by atoms with van der Waals surface area (Å²) in [6.45, 7) is 6.84. The quantitative estimate of drug-likeness (QED) is 0.552. The third-order valence-corrected chi connectivity index (χ3v) is 6.68. The number of nitrogens with zero attached hydrogens (tertiary/aromatic N) is 6. The second-order valence-corrected chi connectivity index (χ2v) is 9.10. The number of hydrogen-bond donors (Lipinski definition) is 1. The largest absolute Gasteiger partial charge is 0.383 e. The molecule has 3 aromatic rings. The molecule has 2 N–H and O–H groups in total. The Labute approximate surface area is 207 Å². The van der Waals surface area contributed by atoms with Crippen molar-refractivity contribution in [1.29, 1.82) is 0 Å². The molecule has 182 valence electrons. The first-order chi connectivity index (χ1) is 17.0. The fraction of sp³-hybridized carbons (Fsp3) is 0.375. The number of likely N-dealkylation sites (tertiary alicyclic amines) is 1. The molecule has 0 saturated carbocycles. The molecule has 2 aliphatic rings. The molecule has 0 bridgehead atoms. The van der Waals surface area contributed by atoms with E-state index >= 15 is 0 Å². The summed E-state index contributed by atoms with van der Waals surface area (Å²) in [6.07, 6.45) is 4.39. The number of morpholine rings is 1. The summed E-state index contributed by atoms with van der Waals surface area (Å²) < 4.78 is 7.18. The second-order valence-electron chi connectivity index (χ2n) is 8.67. The van der Waals surface area contributed by atoms with Crippen LogP contribution in [0, 0.1) is 0 Å². The van der Waals surface area contributed by atoms with E-state index in [-0.39, 0.29) is 23.7 Å². The number of nitrogens with two attached hydrogens (primary N) is 1. The van der Waals surface area contributed by atoms with Crippen molar-refractivity contribution in [3.63, 3.8) is 0 Å². The smallest absolute Gasteiger partial charge is 0.254 e. The number of nitrogen functional groups attached to an aromatic ring is 1. The van der Waals surface area contributed by atoms with E-state index in [1.54, 1.807) is 28.0 Å². The lowest BCUT2D eigenvalue weighted by atomic mass is 10.0. The number of hydrogen-bond acceptors (Lipinski definition) is 7. The van der Waals surface area contributed by atoms with Crippen molar-refractivity contribution in [1.82, 2.24) is 29.5 Å². The van der Waals surface area contributed by atoms with Gasteiger partial charge in [0.2, 0.25) is 5.91 Å². The average molecular weight is 496 g/mol. The molecule has 2 saturated heterocycles. The van der Waals surface area contributed by atoms with Gasteiger partial charge in [-0.2, -0.15) is 5.10 Å². The zero-order valence-electron chi connectivity index (χ0n) is 19.2. The van der Waals surface area contributed by atoms with Gasteiger partial charge in [-0.25, -0.2) is 14.6 Å². The van der Waals surface area contributed by atoms with Gasteiger partial charge in [0, 0.05) is 42.3 Å².